The number of halogens is 1. The molecule has 3 aromatic rings. The van der Waals surface area contributed by atoms with Crippen LogP contribution in [0.1, 0.15) is 23.0 Å². The number of anilines is 2. The number of benzene rings is 1. The van der Waals surface area contributed by atoms with Crippen molar-refractivity contribution < 1.29 is 18.7 Å². The zero-order valence-electron chi connectivity index (χ0n) is 16.8. The average molecular weight is 410 g/mol. The Kier molecular flexibility index (Phi) is 5.67. The molecule has 30 heavy (non-hydrogen) atoms. The van der Waals surface area contributed by atoms with Crippen LogP contribution in [-0.2, 0) is 4.74 Å². The number of amides is 1. The molecule has 1 aliphatic rings. The van der Waals surface area contributed by atoms with Gasteiger partial charge in [0.05, 0.1) is 31.1 Å². The maximum Gasteiger partial charge on any atom is 0.270 e. The van der Waals surface area contributed by atoms with Crippen molar-refractivity contribution in [3.8, 4) is 16.9 Å². The van der Waals surface area contributed by atoms with E-state index >= 15 is 0 Å². The van der Waals surface area contributed by atoms with Gasteiger partial charge in [0, 0.05) is 37.8 Å². The maximum atomic E-state index is 14.3. The van der Waals surface area contributed by atoms with Crippen LogP contribution in [0.15, 0.2) is 48.9 Å². The number of pyridine rings is 1. The van der Waals surface area contributed by atoms with Crippen LogP contribution in [0.4, 0.5) is 15.8 Å². The summed E-state index contributed by atoms with van der Waals surface area (Å²) in [6.07, 6.45) is 6.06. The molecule has 0 fully saturated rings. The number of nitrogens with one attached hydrogen (secondary N) is 2. The smallest absolute Gasteiger partial charge is 0.270 e. The van der Waals surface area contributed by atoms with E-state index in [2.05, 4.69) is 15.6 Å². The molecule has 7 nitrogen and oxygen atoms in total. The fourth-order valence-corrected chi connectivity index (χ4v) is 3.80. The van der Waals surface area contributed by atoms with E-state index in [9.17, 15) is 9.18 Å². The number of nitrogens with zero attached hydrogens (tertiary/aromatic N) is 2. The van der Waals surface area contributed by atoms with E-state index in [0.29, 0.717) is 30.2 Å². The number of carbonyl (C=O) groups is 1. The molecule has 0 aliphatic carbocycles. The molecule has 1 atom stereocenters. The first-order chi connectivity index (χ1) is 14.6. The predicted octanol–water partition coefficient (Wildman–Crippen LogP) is 3.76. The van der Waals surface area contributed by atoms with Crippen molar-refractivity contribution in [3.05, 3.63) is 60.4 Å². The number of fused-ring (bicyclic) bond motifs is 1. The monoisotopic (exact) mass is 410 g/mol. The summed E-state index contributed by atoms with van der Waals surface area (Å²) in [4.78, 5) is 17.1. The number of hydrogen-bond acceptors (Lipinski definition) is 5. The molecule has 0 spiro atoms. The van der Waals surface area contributed by atoms with Crippen molar-refractivity contribution in [3.63, 3.8) is 0 Å². The van der Waals surface area contributed by atoms with Gasteiger partial charge in [-0.2, -0.15) is 0 Å². The molecule has 4 rings (SSSR count). The van der Waals surface area contributed by atoms with E-state index in [-0.39, 0.29) is 17.7 Å². The summed E-state index contributed by atoms with van der Waals surface area (Å²) in [5.41, 5.74) is 3.16. The minimum absolute atomic E-state index is 0.0190. The third-order valence-corrected chi connectivity index (χ3v) is 5.19. The largest absolute Gasteiger partial charge is 0.492 e. The van der Waals surface area contributed by atoms with Crippen LogP contribution < -0.4 is 15.4 Å². The minimum Gasteiger partial charge on any atom is -0.492 e. The molecule has 1 aromatic carbocycles. The molecule has 0 saturated heterocycles. The molecule has 1 amide bonds. The first-order valence-electron chi connectivity index (χ1n) is 9.66. The second-order valence-corrected chi connectivity index (χ2v) is 7.01. The molecule has 0 bridgehead atoms. The highest BCUT2D eigenvalue weighted by atomic mass is 19.1. The highest BCUT2D eigenvalue weighted by molar-refractivity contribution is 6.04. The molecular formula is C22H23FN4O3. The van der Waals surface area contributed by atoms with Gasteiger partial charge in [-0.15, -0.1) is 0 Å². The third kappa shape index (κ3) is 3.61. The van der Waals surface area contributed by atoms with Gasteiger partial charge in [-0.3, -0.25) is 9.78 Å². The lowest BCUT2D eigenvalue weighted by molar-refractivity contribution is 0.0951. The molecule has 3 heterocycles. The Balaban J connectivity index is 1.92. The summed E-state index contributed by atoms with van der Waals surface area (Å²) in [6.45, 7) is 1.01. The lowest BCUT2D eigenvalue weighted by Gasteiger charge is -2.17. The number of aromatic nitrogens is 2. The van der Waals surface area contributed by atoms with Gasteiger partial charge in [0.25, 0.3) is 5.91 Å². The van der Waals surface area contributed by atoms with Crippen LogP contribution in [-0.4, -0.2) is 42.8 Å². The molecule has 2 N–H and O–H groups in total. The maximum absolute atomic E-state index is 14.3. The van der Waals surface area contributed by atoms with Gasteiger partial charge < -0.3 is 24.7 Å². The molecular weight excluding hydrogens is 387 g/mol. The number of ether oxygens (including phenoxy) is 2. The van der Waals surface area contributed by atoms with Gasteiger partial charge in [0.1, 0.15) is 5.69 Å². The summed E-state index contributed by atoms with van der Waals surface area (Å²) < 4.78 is 26.9. The Morgan fingerprint density at radius 2 is 2.07 bits per heavy atom. The van der Waals surface area contributed by atoms with Gasteiger partial charge in [0.15, 0.2) is 11.6 Å². The standard InChI is InChI=1S/C22H23FN4O3/c1-29-13-15-8-11-25-22(28)20-19(26-18-5-3-4-17(23)21(18)30-2)16(12-27(15)20)14-6-9-24-10-7-14/h3-7,9-10,12,15,26H,8,11,13H2,1-2H3,(H,25,28)/t15-/m1/s1. The van der Waals surface area contributed by atoms with Crippen molar-refractivity contribution >= 4 is 17.3 Å². The number of carbonyl (C=O) groups excluding carboxylic acids is 1. The fraction of sp³-hybridized carbons (Fsp3) is 0.273. The van der Waals surface area contributed by atoms with E-state index in [1.165, 1.54) is 13.2 Å². The van der Waals surface area contributed by atoms with Crippen molar-refractivity contribution in [1.29, 1.82) is 0 Å². The topological polar surface area (TPSA) is 77.4 Å². The molecule has 156 valence electrons. The van der Waals surface area contributed by atoms with E-state index in [0.717, 1.165) is 17.5 Å². The van der Waals surface area contributed by atoms with E-state index in [4.69, 9.17) is 9.47 Å². The Morgan fingerprint density at radius 3 is 2.80 bits per heavy atom. The number of para-hydroxylation sites is 1. The summed E-state index contributed by atoms with van der Waals surface area (Å²) in [5, 5.41) is 6.20. The Hall–Kier alpha value is -3.39. The second kappa shape index (κ2) is 8.54. The summed E-state index contributed by atoms with van der Waals surface area (Å²) >= 11 is 0. The van der Waals surface area contributed by atoms with Crippen molar-refractivity contribution in [2.45, 2.75) is 12.5 Å². The third-order valence-electron chi connectivity index (χ3n) is 5.19. The lowest BCUT2D eigenvalue weighted by Crippen LogP contribution is -2.23. The number of methoxy groups -OCH3 is 2. The highest BCUT2D eigenvalue weighted by Gasteiger charge is 2.29. The number of rotatable bonds is 6. The van der Waals surface area contributed by atoms with Crippen molar-refractivity contribution in [1.82, 2.24) is 14.9 Å². The zero-order chi connectivity index (χ0) is 21.1. The quantitative estimate of drug-likeness (QED) is 0.647. The number of hydrogen-bond donors (Lipinski definition) is 2. The molecule has 8 heteroatoms. The lowest BCUT2D eigenvalue weighted by atomic mass is 10.1. The summed E-state index contributed by atoms with van der Waals surface area (Å²) in [5.74, 6) is -0.604. The second-order valence-electron chi connectivity index (χ2n) is 7.01. The average Bonchev–Trinajstić information content (AvgIpc) is 3.05. The first-order valence-corrected chi connectivity index (χ1v) is 9.66. The summed E-state index contributed by atoms with van der Waals surface area (Å²) in [6, 6.07) is 8.35. The molecule has 0 unspecified atom stereocenters. The van der Waals surface area contributed by atoms with Crippen molar-refractivity contribution in [2.75, 3.05) is 32.7 Å². The van der Waals surface area contributed by atoms with Gasteiger partial charge in [-0.1, -0.05) is 6.07 Å². The van der Waals surface area contributed by atoms with Gasteiger partial charge in [-0.05, 0) is 36.2 Å². The molecule has 0 radical (unpaired) electrons. The minimum atomic E-state index is -0.486. The van der Waals surface area contributed by atoms with E-state index in [1.807, 2.05) is 22.9 Å². The first kappa shape index (κ1) is 19.9. The van der Waals surface area contributed by atoms with Gasteiger partial charge >= 0.3 is 0 Å². The zero-order valence-corrected chi connectivity index (χ0v) is 16.8. The van der Waals surface area contributed by atoms with Crippen LogP contribution in [0, 0.1) is 5.82 Å². The van der Waals surface area contributed by atoms with Crippen LogP contribution in [0.25, 0.3) is 11.1 Å². The fourth-order valence-electron chi connectivity index (χ4n) is 3.80. The van der Waals surface area contributed by atoms with Crippen LogP contribution in [0.3, 0.4) is 0 Å². The van der Waals surface area contributed by atoms with E-state index in [1.54, 1.807) is 31.6 Å². The normalized spacial score (nSPS) is 15.8. The Labute approximate surface area is 173 Å². The Morgan fingerprint density at radius 1 is 1.27 bits per heavy atom. The molecule has 1 aliphatic heterocycles. The predicted molar refractivity (Wildman–Crippen MR) is 112 cm³/mol. The van der Waals surface area contributed by atoms with E-state index < -0.39 is 5.82 Å². The SMILES string of the molecule is COC[C@H]1CCNC(=O)c2c(Nc3cccc(F)c3OC)c(-c3ccncc3)cn21. The van der Waals surface area contributed by atoms with Gasteiger partial charge in [-0.25, -0.2) is 4.39 Å². The molecule has 0 saturated carbocycles. The molecule has 2 aromatic heterocycles. The van der Waals surface area contributed by atoms with Gasteiger partial charge in [0.2, 0.25) is 0 Å². The van der Waals surface area contributed by atoms with Crippen LogP contribution >= 0.6 is 0 Å². The Bertz CT molecular complexity index is 1050. The van der Waals surface area contributed by atoms with Crippen molar-refractivity contribution in [2.24, 2.45) is 0 Å². The highest BCUT2D eigenvalue weighted by Crippen LogP contribution is 2.40. The van der Waals surface area contributed by atoms with Crippen LogP contribution in [0.5, 0.6) is 5.75 Å². The van der Waals surface area contributed by atoms with Crippen LogP contribution in [0.2, 0.25) is 0 Å². The summed E-state index contributed by atoms with van der Waals surface area (Å²) in [7, 11) is 3.05.